The maximum absolute atomic E-state index is 12.1. The minimum atomic E-state index is -0.150. The maximum Gasteiger partial charge on any atom is 0.315 e. The van der Waals surface area contributed by atoms with Crippen LogP contribution < -0.4 is 10.6 Å². The van der Waals surface area contributed by atoms with Gasteiger partial charge in [-0.1, -0.05) is 30.3 Å². The van der Waals surface area contributed by atoms with E-state index in [0.29, 0.717) is 6.54 Å². The van der Waals surface area contributed by atoms with E-state index >= 15 is 0 Å². The van der Waals surface area contributed by atoms with Crippen LogP contribution in [0.3, 0.4) is 0 Å². The van der Waals surface area contributed by atoms with Gasteiger partial charge in [0.2, 0.25) is 0 Å². The molecule has 0 aliphatic carbocycles. The minimum Gasteiger partial charge on any atom is -0.337 e. The number of carbonyl (C=O) groups excluding carboxylic acids is 1. The van der Waals surface area contributed by atoms with Crippen molar-refractivity contribution in [1.29, 1.82) is 0 Å². The molecule has 2 aromatic rings. The van der Waals surface area contributed by atoms with Crippen LogP contribution in [0, 0.1) is 13.8 Å². The summed E-state index contributed by atoms with van der Waals surface area (Å²) < 4.78 is 1.85. The molecule has 6 nitrogen and oxygen atoms in total. The normalized spacial score (nSPS) is 12.2. The molecule has 0 unspecified atom stereocenters. The Labute approximate surface area is 150 Å². The smallest absolute Gasteiger partial charge is 0.315 e. The Morgan fingerprint density at radius 3 is 2.56 bits per heavy atom. The van der Waals surface area contributed by atoms with E-state index in [-0.39, 0.29) is 12.1 Å². The van der Waals surface area contributed by atoms with Gasteiger partial charge in [-0.15, -0.1) is 0 Å². The highest BCUT2D eigenvalue weighted by molar-refractivity contribution is 5.74. The summed E-state index contributed by atoms with van der Waals surface area (Å²) >= 11 is 0. The summed E-state index contributed by atoms with van der Waals surface area (Å²) in [7, 11) is 3.97. The maximum atomic E-state index is 12.1. The lowest BCUT2D eigenvalue weighted by Gasteiger charge is -2.19. The lowest BCUT2D eigenvalue weighted by atomic mass is 10.1. The Morgan fingerprint density at radius 2 is 1.96 bits per heavy atom. The van der Waals surface area contributed by atoms with Crippen LogP contribution in [-0.4, -0.2) is 40.8 Å². The SMILES string of the molecule is Cc1nn(C)c(C)c1[C@@H](C)NC(=O)NCCN(C)Cc1ccccc1. The largest absolute Gasteiger partial charge is 0.337 e. The second-order valence-corrected chi connectivity index (χ2v) is 6.55. The third kappa shape index (κ3) is 5.32. The zero-order valence-corrected chi connectivity index (χ0v) is 15.8. The van der Waals surface area contributed by atoms with Crippen molar-refractivity contribution >= 4 is 6.03 Å². The highest BCUT2D eigenvalue weighted by atomic mass is 16.2. The van der Waals surface area contributed by atoms with Crippen molar-refractivity contribution in [1.82, 2.24) is 25.3 Å². The van der Waals surface area contributed by atoms with Crippen molar-refractivity contribution in [3.05, 3.63) is 52.8 Å². The van der Waals surface area contributed by atoms with Crippen molar-refractivity contribution in [3.8, 4) is 0 Å². The number of aromatic nitrogens is 2. The van der Waals surface area contributed by atoms with Gasteiger partial charge in [0.15, 0.2) is 0 Å². The van der Waals surface area contributed by atoms with E-state index < -0.39 is 0 Å². The quantitative estimate of drug-likeness (QED) is 0.812. The third-order valence-corrected chi connectivity index (χ3v) is 4.42. The molecule has 1 atom stereocenters. The van der Waals surface area contributed by atoms with Crippen molar-refractivity contribution < 1.29 is 4.79 Å². The molecule has 0 saturated carbocycles. The van der Waals surface area contributed by atoms with E-state index in [1.54, 1.807) is 0 Å². The highest BCUT2D eigenvalue weighted by Gasteiger charge is 2.17. The number of rotatable bonds is 7. The lowest BCUT2D eigenvalue weighted by molar-refractivity contribution is 0.235. The molecule has 1 aromatic carbocycles. The average molecular weight is 343 g/mol. The van der Waals surface area contributed by atoms with Crippen LogP contribution in [-0.2, 0) is 13.6 Å². The zero-order valence-electron chi connectivity index (χ0n) is 15.8. The van der Waals surface area contributed by atoms with Gasteiger partial charge >= 0.3 is 6.03 Å². The van der Waals surface area contributed by atoms with E-state index in [1.165, 1.54) is 5.56 Å². The molecular formula is C19H29N5O. The Bertz CT molecular complexity index is 695. The van der Waals surface area contributed by atoms with Crippen LogP contribution in [0.5, 0.6) is 0 Å². The molecule has 0 spiro atoms. The molecule has 25 heavy (non-hydrogen) atoms. The fourth-order valence-electron chi connectivity index (χ4n) is 3.07. The van der Waals surface area contributed by atoms with Gasteiger partial charge in [-0.2, -0.15) is 5.10 Å². The molecule has 6 heteroatoms. The molecule has 2 amide bonds. The number of urea groups is 1. The first kappa shape index (κ1) is 19.0. The number of amides is 2. The van der Waals surface area contributed by atoms with Gasteiger partial charge in [0, 0.05) is 37.9 Å². The molecule has 0 saturated heterocycles. The van der Waals surface area contributed by atoms with Crippen LogP contribution in [0.15, 0.2) is 30.3 Å². The number of aryl methyl sites for hydroxylation is 2. The Morgan fingerprint density at radius 1 is 1.28 bits per heavy atom. The van der Waals surface area contributed by atoms with Crippen molar-refractivity contribution in [2.45, 2.75) is 33.4 Å². The second kappa shape index (κ2) is 8.67. The number of benzene rings is 1. The average Bonchev–Trinajstić information content (AvgIpc) is 2.80. The molecule has 136 valence electrons. The second-order valence-electron chi connectivity index (χ2n) is 6.55. The van der Waals surface area contributed by atoms with Gasteiger partial charge in [-0.05, 0) is 33.4 Å². The zero-order chi connectivity index (χ0) is 18.4. The van der Waals surface area contributed by atoms with Gasteiger partial charge in [0.05, 0.1) is 11.7 Å². The van der Waals surface area contributed by atoms with E-state index in [2.05, 4.69) is 39.8 Å². The number of hydrogen-bond donors (Lipinski definition) is 2. The number of carbonyl (C=O) groups is 1. The van der Waals surface area contributed by atoms with Crippen molar-refractivity contribution in [2.24, 2.45) is 7.05 Å². The Kier molecular flexibility index (Phi) is 6.58. The van der Waals surface area contributed by atoms with Crippen LogP contribution in [0.4, 0.5) is 4.79 Å². The van der Waals surface area contributed by atoms with Crippen LogP contribution in [0.2, 0.25) is 0 Å². The summed E-state index contributed by atoms with van der Waals surface area (Å²) in [6, 6.07) is 10.1. The molecule has 1 heterocycles. The van der Waals surface area contributed by atoms with Gasteiger partial charge in [-0.3, -0.25) is 4.68 Å². The Balaban J connectivity index is 1.75. The van der Waals surface area contributed by atoms with E-state index in [4.69, 9.17) is 0 Å². The molecule has 0 fully saturated rings. The molecule has 1 aromatic heterocycles. The van der Waals surface area contributed by atoms with Gasteiger partial charge in [-0.25, -0.2) is 4.79 Å². The first-order chi connectivity index (χ1) is 11.9. The fraction of sp³-hybridized carbons (Fsp3) is 0.474. The molecule has 2 N–H and O–H groups in total. The van der Waals surface area contributed by atoms with E-state index in [1.807, 2.05) is 50.7 Å². The van der Waals surface area contributed by atoms with E-state index in [0.717, 1.165) is 30.0 Å². The minimum absolute atomic E-state index is 0.0734. The number of nitrogens with zero attached hydrogens (tertiary/aromatic N) is 3. The molecule has 2 rings (SSSR count). The molecular weight excluding hydrogens is 314 g/mol. The van der Waals surface area contributed by atoms with Crippen LogP contribution in [0.1, 0.15) is 35.5 Å². The standard InChI is InChI=1S/C19H29N5O/c1-14(18-15(2)22-24(5)16(18)3)21-19(25)20-11-12-23(4)13-17-9-7-6-8-10-17/h6-10,14H,11-13H2,1-5H3,(H2,20,21,25)/t14-/m1/s1. The summed E-state index contributed by atoms with van der Waals surface area (Å²) in [5.41, 5.74) is 4.38. The van der Waals surface area contributed by atoms with Gasteiger partial charge < -0.3 is 15.5 Å². The summed E-state index contributed by atoms with van der Waals surface area (Å²) in [5.74, 6) is 0. The first-order valence-electron chi connectivity index (χ1n) is 8.65. The molecule has 0 aliphatic heterocycles. The molecule has 0 bridgehead atoms. The third-order valence-electron chi connectivity index (χ3n) is 4.42. The molecule has 0 aliphatic rings. The number of likely N-dealkylation sites (N-methyl/N-ethyl adjacent to an activating group) is 1. The van der Waals surface area contributed by atoms with Crippen molar-refractivity contribution in [3.63, 3.8) is 0 Å². The predicted octanol–water partition coefficient (Wildman–Crippen LogP) is 2.53. The van der Waals surface area contributed by atoms with Crippen LogP contribution in [0.25, 0.3) is 0 Å². The van der Waals surface area contributed by atoms with Gasteiger partial charge in [0.25, 0.3) is 0 Å². The lowest BCUT2D eigenvalue weighted by Crippen LogP contribution is -2.40. The summed E-state index contributed by atoms with van der Waals surface area (Å²) in [5, 5.41) is 10.3. The highest BCUT2D eigenvalue weighted by Crippen LogP contribution is 2.20. The fourth-order valence-corrected chi connectivity index (χ4v) is 3.07. The van der Waals surface area contributed by atoms with Crippen LogP contribution >= 0.6 is 0 Å². The number of hydrogen-bond acceptors (Lipinski definition) is 3. The summed E-state index contributed by atoms with van der Waals surface area (Å²) in [6.07, 6.45) is 0. The summed E-state index contributed by atoms with van der Waals surface area (Å²) in [6.45, 7) is 8.24. The monoisotopic (exact) mass is 343 g/mol. The predicted molar refractivity (Wildman–Crippen MR) is 100 cm³/mol. The number of nitrogens with one attached hydrogen (secondary N) is 2. The Hall–Kier alpha value is -2.34. The van der Waals surface area contributed by atoms with E-state index in [9.17, 15) is 4.79 Å². The topological polar surface area (TPSA) is 62.2 Å². The molecule has 0 radical (unpaired) electrons. The first-order valence-corrected chi connectivity index (χ1v) is 8.65. The van der Waals surface area contributed by atoms with Crippen molar-refractivity contribution in [2.75, 3.05) is 20.1 Å². The summed E-state index contributed by atoms with van der Waals surface area (Å²) in [4.78, 5) is 14.3. The van der Waals surface area contributed by atoms with Gasteiger partial charge in [0.1, 0.15) is 0 Å².